The molecule has 118 valence electrons. The van der Waals surface area contributed by atoms with Crippen LogP contribution in [0.25, 0.3) is 0 Å². The van der Waals surface area contributed by atoms with Crippen LogP contribution in [0.2, 0.25) is 0 Å². The van der Waals surface area contributed by atoms with Crippen molar-refractivity contribution >= 4 is 11.8 Å². The Morgan fingerprint density at radius 2 is 2.10 bits per heavy atom. The molecule has 0 bridgehead atoms. The first-order valence-electron chi connectivity index (χ1n) is 8.28. The summed E-state index contributed by atoms with van der Waals surface area (Å²) in [5, 5.41) is 14.4. The molecule has 4 unspecified atom stereocenters. The third-order valence-corrected chi connectivity index (χ3v) is 6.06. The monoisotopic (exact) mass is 307 g/mol. The highest BCUT2D eigenvalue weighted by Crippen LogP contribution is 2.38. The molecule has 0 heterocycles. The Hall–Kier alpha value is -0.510. The van der Waals surface area contributed by atoms with Crippen LogP contribution in [0.5, 0.6) is 0 Å². The number of aliphatic hydroxyl groups excluding tert-OH is 1. The van der Waals surface area contributed by atoms with Crippen molar-refractivity contribution < 1.29 is 5.11 Å². The second kappa shape index (κ2) is 8.21. The van der Waals surface area contributed by atoms with E-state index >= 15 is 0 Å². The number of hydrogen-bond acceptors (Lipinski definition) is 3. The minimum absolute atomic E-state index is 0.250. The van der Waals surface area contributed by atoms with Crippen LogP contribution in [0.1, 0.15) is 57.2 Å². The zero-order chi connectivity index (χ0) is 15.2. The SMILES string of the molecule is CCCNC1c2ccccc2CCCC1SC(C)C(C)O. The average Bonchev–Trinajstić information content (AvgIpc) is 2.64. The summed E-state index contributed by atoms with van der Waals surface area (Å²) in [6.07, 6.45) is 4.55. The first-order valence-corrected chi connectivity index (χ1v) is 9.22. The fraction of sp³-hybridized carbons (Fsp3) is 0.667. The number of aryl methyl sites for hydroxylation is 1. The lowest BCUT2D eigenvalue weighted by molar-refractivity contribution is 0.196. The number of benzene rings is 1. The van der Waals surface area contributed by atoms with Gasteiger partial charge in [0, 0.05) is 16.5 Å². The van der Waals surface area contributed by atoms with Crippen LogP contribution in [0.15, 0.2) is 24.3 Å². The van der Waals surface area contributed by atoms with Gasteiger partial charge in [-0.05, 0) is 50.3 Å². The van der Waals surface area contributed by atoms with Gasteiger partial charge in [-0.25, -0.2) is 0 Å². The molecule has 0 fully saturated rings. The summed E-state index contributed by atoms with van der Waals surface area (Å²) in [4.78, 5) is 0. The van der Waals surface area contributed by atoms with Gasteiger partial charge in [0.1, 0.15) is 0 Å². The molecule has 2 nitrogen and oxygen atoms in total. The number of nitrogens with one attached hydrogen (secondary N) is 1. The van der Waals surface area contributed by atoms with Crippen LogP contribution < -0.4 is 5.32 Å². The number of rotatable bonds is 6. The zero-order valence-electron chi connectivity index (χ0n) is 13.5. The second-order valence-corrected chi connectivity index (χ2v) is 7.76. The van der Waals surface area contributed by atoms with E-state index in [4.69, 9.17) is 0 Å². The minimum atomic E-state index is -0.250. The molecule has 1 aliphatic carbocycles. The lowest BCUT2D eigenvalue weighted by Crippen LogP contribution is -2.33. The molecule has 3 heteroatoms. The third kappa shape index (κ3) is 4.48. The Kier molecular flexibility index (Phi) is 6.59. The van der Waals surface area contributed by atoms with E-state index in [9.17, 15) is 5.11 Å². The standard InChI is InChI=1S/C18H29NOS/c1-4-12-19-18-16-10-6-5-8-15(16)9-7-11-17(18)21-14(3)13(2)20/h5-6,8,10,13-14,17-20H,4,7,9,11-12H2,1-3H3. The van der Waals surface area contributed by atoms with Crippen LogP contribution in [0.4, 0.5) is 0 Å². The van der Waals surface area contributed by atoms with Gasteiger partial charge >= 0.3 is 0 Å². The molecule has 4 atom stereocenters. The van der Waals surface area contributed by atoms with Gasteiger partial charge in [-0.2, -0.15) is 11.8 Å². The summed E-state index contributed by atoms with van der Waals surface area (Å²) in [7, 11) is 0. The first kappa shape index (κ1) is 16.9. The van der Waals surface area contributed by atoms with Crippen molar-refractivity contribution in [1.82, 2.24) is 5.32 Å². The van der Waals surface area contributed by atoms with Gasteiger partial charge in [0.2, 0.25) is 0 Å². The highest BCUT2D eigenvalue weighted by molar-refractivity contribution is 8.00. The van der Waals surface area contributed by atoms with E-state index in [-0.39, 0.29) is 11.4 Å². The molecule has 0 spiro atoms. The van der Waals surface area contributed by atoms with E-state index in [2.05, 4.69) is 43.4 Å². The fourth-order valence-electron chi connectivity index (χ4n) is 3.00. The highest BCUT2D eigenvalue weighted by atomic mass is 32.2. The molecular weight excluding hydrogens is 278 g/mol. The lowest BCUT2D eigenvalue weighted by atomic mass is 9.99. The molecule has 1 aromatic rings. The molecule has 1 aliphatic rings. The molecule has 2 N–H and O–H groups in total. The molecule has 0 saturated carbocycles. The molecule has 0 radical (unpaired) electrons. The van der Waals surface area contributed by atoms with Crippen LogP contribution in [-0.2, 0) is 6.42 Å². The second-order valence-electron chi connectivity index (χ2n) is 6.14. The summed E-state index contributed by atoms with van der Waals surface area (Å²) < 4.78 is 0. The van der Waals surface area contributed by atoms with Gasteiger partial charge in [0.15, 0.2) is 0 Å². The lowest BCUT2D eigenvalue weighted by Gasteiger charge is -2.30. The minimum Gasteiger partial charge on any atom is -0.392 e. The van der Waals surface area contributed by atoms with Crippen LogP contribution in [0.3, 0.4) is 0 Å². The van der Waals surface area contributed by atoms with Gasteiger partial charge < -0.3 is 10.4 Å². The summed E-state index contributed by atoms with van der Waals surface area (Å²) in [5.41, 5.74) is 2.97. The van der Waals surface area contributed by atoms with Crippen molar-refractivity contribution in [3.05, 3.63) is 35.4 Å². The van der Waals surface area contributed by atoms with Crippen molar-refractivity contribution in [2.75, 3.05) is 6.54 Å². The van der Waals surface area contributed by atoms with Crippen LogP contribution >= 0.6 is 11.8 Å². The van der Waals surface area contributed by atoms with E-state index < -0.39 is 0 Å². The molecule has 21 heavy (non-hydrogen) atoms. The molecule has 0 aromatic heterocycles. The van der Waals surface area contributed by atoms with E-state index in [0.717, 1.165) is 13.0 Å². The summed E-state index contributed by atoms with van der Waals surface area (Å²) in [5.74, 6) is 0. The topological polar surface area (TPSA) is 32.3 Å². The van der Waals surface area contributed by atoms with Gasteiger partial charge in [-0.15, -0.1) is 0 Å². The molecule has 1 aromatic carbocycles. The Balaban J connectivity index is 2.21. The van der Waals surface area contributed by atoms with Crippen molar-refractivity contribution in [1.29, 1.82) is 0 Å². The normalized spacial score (nSPS) is 25.0. The molecule has 2 rings (SSSR count). The van der Waals surface area contributed by atoms with Crippen molar-refractivity contribution in [2.24, 2.45) is 0 Å². The Bertz CT molecular complexity index is 435. The van der Waals surface area contributed by atoms with Crippen molar-refractivity contribution in [3.63, 3.8) is 0 Å². The fourth-order valence-corrected chi connectivity index (χ4v) is 4.48. The molecule has 0 saturated heterocycles. The maximum absolute atomic E-state index is 9.84. The third-order valence-electron chi connectivity index (χ3n) is 4.38. The quantitative estimate of drug-likeness (QED) is 0.781. The molecule has 0 amide bonds. The van der Waals surface area contributed by atoms with Crippen LogP contribution in [-0.4, -0.2) is 28.3 Å². The predicted molar refractivity (Wildman–Crippen MR) is 92.9 cm³/mol. The maximum atomic E-state index is 9.84. The number of hydrogen-bond donors (Lipinski definition) is 2. The Morgan fingerprint density at radius 3 is 2.81 bits per heavy atom. The largest absolute Gasteiger partial charge is 0.392 e. The summed E-state index contributed by atoms with van der Waals surface area (Å²) >= 11 is 1.95. The number of thioether (sulfide) groups is 1. The smallest absolute Gasteiger partial charge is 0.0628 e. The van der Waals surface area contributed by atoms with Gasteiger partial charge in [-0.1, -0.05) is 38.1 Å². The average molecular weight is 308 g/mol. The number of fused-ring (bicyclic) bond motifs is 1. The van der Waals surface area contributed by atoms with E-state index in [1.807, 2.05) is 18.7 Å². The Labute approximate surface area is 133 Å². The predicted octanol–water partition coefficient (Wildman–Crippen LogP) is 3.93. The summed E-state index contributed by atoms with van der Waals surface area (Å²) in [6.45, 7) is 7.31. The Morgan fingerprint density at radius 1 is 1.33 bits per heavy atom. The zero-order valence-corrected chi connectivity index (χ0v) is 14.3. The van der Waals surface area contributed by atoms with Crippen molar-refractivity contribution in [3.8, 4) is 0 Å². The van der Waals surface area contributed by atoms with Gasteiger partial charge in [-0.3, -0.25) is 0 Å². The van der Waals surface area contributed by atoms with E-state index in [1.54, 1.807) is 0 Å². The van der Waals surface area contributed by atoms with E-state index in [1.165, 1.54) is 30.4 Å². The number of aliphatic hydroxyl groups is 1. The molecule has 0 aliphatic heterocycles. The first-order chi connectivity index (χ1) is 10.1. The van der Waals surface area contributed by atoms with Gasteiger partial charge in [0.25, 0.3) is 0 Å². The highest BCUT2D eigenvalue weighted by Gasteiger charge is 2.29. The van der Waals surface area contributed by atoms with Gasteiger partial charge in [0.05, 0.1) is 6.10 Å². The maximum Gasteiger partial charge on any atom is 0.0628 e. The summed E-state index contributed by atoms with van der Waals surface area (Å²) in [6, 6.07) is 9.29. The van der Waals surface area contributed by atoms with E-state index in [0.29, 0.717) is 11.3 Å². The van der Waals surface area contributed by atoms with Crippen LogP contribution in [0, 0.1) is 0 Å². The molecular formula is C18H29NOS. The van der Waals surface area contributed by atoms with Crippen molar-refractivity contribution in [2.45, 2.75) is 69.1 Å².